The first-order valence-electron chi connectivity index (χ1n) is 8.83. The Morgan fingerprint density at radius 2 is 2.08 bits per heavy atom. The Labute approximate surface area is 161 Å². The molecule has 0 saturated carbocycles. The monoisotopic (exact) mass is 424 g/mol. The number of hydrogen-bond donors (Lipinski definition) is 1. The van der Waals surface area contributed by atoms with Gasteiger partial charge in [0.15, 0.2) is 5.76 Å². The Hall–Kier alpha value is -1.64. The maximum absolute atomic E-state index is 12.4. The van der Waals surface area contributed by atoms with Crippen LogP contribution in [-0.2, 0) is 11.3 Å². The second-order valence-electron chi connectivity index (χ2n) is 6.70. The van der Waals surface area contributed by atoms with Crippen molar-refractivity contribution in [3.63, 3.8) is 0 Å². The summed E-state index contributed by atoms with van der Waals surface area (Å²) in [6.07, 6.45) is 0. The zero-order valence-electron chi connectivity index (χ0n) is 15.4. The van der Waals surface area contributed by atoms with E-state index in [4.69, 9.17) is 9.15 Å². The summed E-state index contributed by atoms with van der Waals surface area (Å²) in [5, 5.41) is 7.47. The van der Waals surface area contributed by atoms with Crippen LogP contribution < -0.4 is 5.32 Å². The van der Waals surface area contributed by atoms with Crippen LogP contribution in [0.15, 0.2) is 21.0 Å². The van der Waals surface area contributed by atoms with E-state index in [9.17, 15) is 4.79 Å². The number of morpholine rings is 1. The Morgan fingerprint density at radius 3 is 2.73 bits per heavy atom. The maximum Gasteiger partial charge on any atom is 0.287 e. The van der Waals surface area contributed by atoms with Crippen LogP contribution in [0.1, 0.15) is 34.6 Å². The summed E-state index contributed by atoms with van der Waals surface area (Å²) in [6, 6.07) is 3.58. The number of halogens is 1. The third kappa shape index (κ3) is 4.55. The SMILES string of the molecule is Cc1nn(Cc2ccc(C(=O)N[C@H](C)CN3CCOCC3)o2)c(C)c1Br. The molecule has 3 rings (SSSR count). The number of amides is 1. The molecule has 1 amide bonds. The molecule has 1 saturated heterocycles. The van der Waals surface area contributed by atoms with E-state index in [0.29, 0.717) is 18.1 Å². The highest BCUT2D eigenvalue weighted by Gasteiger charge is 2.18. The predicted octanol–water partition coefficient (Wildman–Crippen LogP) is 2.35. The van der Waals surface area contributed by atoms with Gasteiger partial charge in [-0.3, -0.25) is 14.4 Å². The molecule has 2 aromatic rings. The number of hydrogen-bond acceptors (Lipinski definition) is 5. The van der Waals surface area contributed by atoms with Crippen molar-refractivity contribution in [2.24, 2.45) is 0 Å². The fraction of sp³-hybridized carbons (Fsp3) is 0.556. The van der Waals surface area contributed by atoms with Crippen LogP contribution in [0.4, 0.5) is 0 Å². The lowest BCUT2D eigenvalue weighted by Crippen LogP contribution is -2.45. The van der Waals surface area contributed by atoms with Gasteiger partial charge in [-0.05, 0) is 48.8 Å². The van der Waals surface area contributed by atoms with Crippen molar-refractivity contribution in [2.45, 2.75) is 33.4 Å². The number of nitrogens with one attached hydrogen (secondary N) is 1. The van der Waals surface area contributed by atoms with Gasteiger partial charge >= 0.3 is 0 Å². The molecule has 1 N–H and O–H groups in total. The maximum atomic E-state index is 12.4. The number of nitrogens with zero attached hydrogens (tertiary/aromatic N) is 3. The van der Waals surface area contributed by atoms with Crippen molar-refractivity contribution in [1.82, 2.24) is 20.0 Å². The van der Waals surface area contributed by atoms with Crippen molar-refractivity contribution < 1.29 is 13.9 Å². The highest BCUT2D eigenvalue weighted by atomic mass is 79.9. The summed E-state index contributed by atoms with van der Waals surface area (Å²) < 4.78 is 13.9. The second kappa shape index (κ2) is 8.37. The lowest BCUT2D eigenvalue weighted by atomic mass is 10.2. The van der Waals surface area contributed by atoms with Gasteiger partial charge in [0.05, 0.1) is 35.6 Å². The Morgan fingerprint density at radius 1 is 1.35 bits per heavy atom. The molecule has 26 heavy (non-hydrogen) atoms. The highest BCUT2D eigenvalue weighted by molar-refractivity contribution is 9.10. The number of carbonyl (C=O) groups excluding carboxylic acids is 1. The van der Waals surface area contributed by atoms with Crippen molar-refractivity contribution in [3.05, 3.63) is 39.5 Å². The Kier molecular flexibility index (Phi) is 6.16. The molecule has 0 aromatic carbocycles. The van der Waals surface area contributed by atoms with Crippen LogP contribution in [0.5, 0.6) is 0 Å². The number of rotatable bonds is 6. The summed E-state index contributed by atoms with van der Waals surface area (Å²) in [5.41, 5.74) is 1.97. The van der Waals surface area contributed by atoms with E-state index < -0.39 is 0 Å². The Balaban J connectivity index is 1.56. The lowest BCUT2D eigenvalue weighted by molar-refractivity contribution is 0.0341. The zero-order chi connectivity index (χ0) is 18.7. The molecule has 0 radical (unpaired) electrons. The number of furan rings is 1. The topological polar surface area (TPSA) is 72.5 Å². The van der Waals surface area contributed by atoms with E-state index in [1.54, 1.807) is 6.07 Å². The normalized spacial score (nSPS) is 16.6. The minimum atomic E-state index is -0.188. The zero-order valence-corrected chi connectivity index (χ0v) is 17.0. The molecule has 3 heterocycles. The van der Waals surface area contributed by atoms with Gasteiger partial charge in [-0.1, -0.05) is 0 Å². The minimum absolute atomic E-state index is 0.0427. The van der Waals surface area contributed by atoms with E-state index in [1.807, 2.05) is 31.5 Å². The van der Waals surface area contributed by atoms with E-state index in [2.05, 4.69) is 31.2 Å². The molecule has 1 aliphatic rings. The van der Waals surface area contributed by atoms with Crippen molar-refractivity contribution in [3.8, 4) is 0 Å². The number of aryl methyl sites for hydroxylation is 1. The predicted molar refractivity (Wildman–Crippen MR) is 101 cm³/mol. The molecule has 0 unspecified atom stereocenters. The lowest BCUT2D eigenvalue weighted by Gasteiger charge is -2.29. The summed E-state index contributed by atoms with van der Waals surface area (Å²) in [6.45, 7) is 10.6. The smallest absolute Gasteiger partial charge is 0.287 e. The van der Waals surface area contributed by atoms with Gasteiger partial charge in [0, 0.05) is 25.7 Å². The van der Waals surface area contributed by atoms with E-state index in [-0.39, 0.29) is 11.9 Å². The van der Waals surface area contributed by atoms with Gasteiger partial charge in [0.2, 0.25) is 0 Å². The van der Waals surface area contributed by atoms with Crippen molar-refractivity contribution in [2.75, 3.05) is 32.8 Å². The van der Waals surface area contributed by atoms with Gasteiger partial charge in [-0.15, -0.1) is 0 Å². The van der Waals surface area contributed by atoms with Gasteiger partial charge in [-0.2, -0.15) is 5.10 Å². The standard InChI is InChI=1S/C18H25BrN4O3/c1-12(10-22-6-8-25-9-7-22)20-18(24)16-5-4-15(26-16)11-23-14(3)17(19)13(2)21-23/h4-5,12H,6-11H2,1-3H3,(H,20,24)/t12-/m1/s1. The molecule has 0 spiro atoms. The molecular weight excluding hydrogens is 400 g/mol. The molecule has 1 atom stereocenters. The fourth-order valence-corrected chi connectivity index (χ4v) is 3.36. The minimum Gasteiger partial charge on any atom is -0.454 e. The molecule has 7 nitrogen and oxygen atoms in total. The molecule has 1 fully saturated rings. The molecule has 142 valence electrons. The second-order valence-corrected chi connectivity index (χ2v) is 7.49. The van der Waals surface area contributed by atoms with Crippen molar-refractivity contribution >= 4 is 21.8 Å². The first kappa shape index (κ1) is 19.1. The van der Waals surface area contributed by atoms with Gasteiger partial charge in [0.1, 0.15) is 5.76 Å². The van der Waals surface area contributed by atoms with E-state index >= 15 is 0 Å². The van der Waals surface area contributed by atoms with Crippen LogP contribution in [-0.4, -0.2) is 59.5 Å². The van der Waals surface area contributed by atoms with Crippen LogP contribution in [0.3, 0.4) is 0 Å². The average Bonchev–Trinajstić information content (AvgIpc) is 3.17. The first-order chi connectivity index (χ1) is 12.4. The first-order valence-corrected chi connectivity index (χ1v) is 9.62. The van der Waals surface area contributed by atoms with Gasteiger partial charge < -0.3 is 14.5 Å². The number of aromatic nitrogens is 2. The van der Waals surface area contributed by atoms with Crippen LogP contribution in [0.2, 0.25) is 0 Å². The van der Waals surface area contributed by atoms with E-state index in [0.717, 1.165) is 48.7 Å². The summed E-state index contributed by atoms with van der Waals surface area (Å²) >= 11 is 3.52. The van der Waals surface area contributed by atoms with Gasteiger partial charge in [-0.25, -0.2) is 0 Å². The highest BCUT2D eigenvalue weighted by Crippen LogP contribution is 2.21. The van der Waals surface area contributed by atoms with Crippen LogP contribution >= 0.6 is 15.9 Å². The van der Waals surface area contributed by atoms with Crippen LogP contribution in [0, 0.1) is 13.8 Å². The van der Waals surface area contributed by atoms with Crippen LogP contribution in [0.25, 0.3) is 0 Å². The molecule has 1 aliphatic heterocycles. The molecule has 0 bridgehead atoms. The Bertz CT molecular complexity index is 765. The third-order valence-corrected chi connectivity index (χ3v) is 5.65. The molecule has 0 aliphatic carbocycles. The van der Waals surface area contributed by atoms with E-state index in [1.165, 1.54) is 0 Å². The van der Waals surface area contributed by atoms with Gasteiger partial charge in [0.25, 0.3) is 5.91 Å². The summed E-state index contributed by atoms with van der Waals surface area (Å²) in [5.74, 6) is 0.843. The average molecular weight is 425 g/mol. The quantitative estimate of drug-likeness (QED) is 0.770. The molecule has 2 aromatic heterocycles. The number of carbonyl (C=O) groups is 1. The summed E-state index contributed by atoms with van der Waals surface area (Å²) in [7, 11) is 0. The largest absolute Gasteiger partial charge is 0.454 e. The molecule has 8 heteroatoms. The van der Waals surface area contributed by atoms with Crippen molar-refractivity contribution in [1.29, 1.82) is 0 Å². The fourth-order valence-electron chi connectivity index (χ4n) is 3.07. The number of ether oxygens (including phenoxy) is 1. The third-order valence-electron chi connectivity index (χ3n) is 4.50. The summed E-state index contributed by atoms with van der Waals surface area (Å²) in [4.78, 5) is 14.7. The molecular formula is C18H25BrN4O3.